The number of carbonyl (C=O) groups is 1. The van der Waals surface area contributed by atoms with Crippen LogP contribution in [0, 0.1) is 11.7 Å². The summed E-state index contributed by atoms with van der Waals surface area (Å²) in [6.07, 6.45) is -1.46. The van der Waals surface area contributed by atoms with Crippen LogP contribution in [0.5, 0.6) is 0 Å². The lowest BCUT2D eigenvalue weighted by atomic mass is 9.97. The third-order valence-corrected chi connectivity index (χ3v) is 8.30. The fourth-order valence-electron chi connectivity index (χ4n) is 4.59. The van der Waals surface area contributed by atoms with E-state index in [9.17, 15) is 27.8 Å². The molecule has 48 heavy (non-hydrogen) atoms. The van der Waals surface area contributed by atoms with Gasteiger partial charge < -0.3 is 14.9 Å². The number of aliphatic hydroxyl groups is 2. The Labute approximate surface area is 277 Å². The standard InChI is InChI=1S/C29H44FN5O12S/c1-17(2)26-24(27(20-7-9-21(30)10-8-20)32-29(31-26)33(5)48(6,43)44)12-11-22(36)15-23(37)16-25(38)45-14-13-18(3)28(47-35(41)42)19(4)46-34(39)40/h7-12,17-19,22-23,28,36-37,39-42H,13-16H2,1-6H3/b12-11+. The van der Waals surface area contributed by atoms with Crippen molar-refractivity contribution >= 4 is 28.0 Å². The van der Waals surface area contributed by atoms with Crippen molar-refractivity contribution in [3.8, 4) is 11.3 Å². The van der Waals surface area contributed by atoms with Crippen LogP contribution in [-0.2, 0) is 29.2 Å². The first-order valence-corrected chi connectivity index (χ1v) is 16.7. The highest BCUT2D eigenvalue weighted by Gasteiger charge is 2.30. The molecule has 1 heterocycles. The molecule has 5 unspecified atom stereocenters. The predicted molar refractivity (Wildman–Crippen MR) is 166 cm³/mol. The minimum atomic E-state index is -3.72. The molecule has 0 radical (unpaired) electrons. The van der Waals surface area contributed by atoms with E-state index < -0.39 is 69.3 Å². The second-order valence-corrected chi connectivity index (χ2v) is 13.5. The summed E-state index contributed by atoms with van der Waals surface area (Å²) in [7, 11) is -2.41. The van der Waals surface area contributed by atoms with Crippen LogP contribution in [0.1, 0.15) is 64.1 Å². The van der Waals surface area contributed by atoms with Gasteiger partial charge in [-0.15, -0.1) is 0 Å². The Morgan fingerprint density at radius 2 is 1.60 bits per heavy atom. The molecule has 0 amide bonds. The summed E-state index contributed by atoms with van der Waals surface area (Å²) in [5.74, 6) is -2.17. The van der Waals surface area contributed by atoms with Crippen LogP contribution in [0.25, 0.3) is 17.3 Å². The van der Waals surface area contributed by atoms with Crippen molar-refractivity contribution in [3.63, 3.8) is 0 Å². The van der Waals surface area contributed by atoms with Gasteiger partial charge in [0, 0.05) is 24.6 Å². The number of carbonyl (C=O) groups excluding carboxylic acids is 1. The first kappa shape index (κ1) is 41.0. The van der Waals surface area contributed by atoms with Gasteiger partial charge in [0.15, 0.2) is 0 Å². The van der Waals surface area contributed by atoms with E-state index in [1.807, 2.05) is 13.8 Å². The van der Waals surface area contributed by atoms with Gasteiger partial charge in [-0.05, 0) is 49.4 Å². The van der Waals surface area contributed by atoms with Crippen molar-refractivity contribution in [2.75, 3.05) is 24.2 Å². The number of hydrogen-bond donors (Lipinski definition) is 6. The largest absolute Gasteiger partial charge is 0.466 e. The number of rotatable bonds is 19. The van der Waals surface area contributed by atoms with E-state index in [1.165, 1.54) is 50.4 Å². The minimum Gasteiger partial charge on any atom is -0.466 e. The lowest BCUT2D eigenvalue weighted by Crippen LogP contribution is -2.41. The third-order valence-electron chi connectivity index (χ3n) is 7.14. The van der Waals surface area contributed by atoms with E-state index in [2.05, 4.69) is 14.8 Å². The van der Waals surface area contributed by atoms with E-state index >= 15 is 0 Å². The molecular formula is C29H44FN5O12S. The number of ether oxygens (including phenoxy) is 1. The summed E-state index contributed by atoms with van der Waals surface area (Å²) in [5, 5.41) is 55.7. The van der Waals surface area contributed by atoms with Gasteiger partial charge in [-0.1, -0.05) is 32.9 Å². The fraction of sp³-hybridized carbons (Fsp3) is 0.552. The number of benzene rings is 1. The highest BCUT2D eigenvalue weighted by atomic mass is 32.2. The molecule has 19 heteroatoms. The second-order valence-electron chi connectivity index (χ2n) is 11.5. The van der Waals surface area contributed by atoms with E-state index in [-0.39, 0.29) is 37.0 Å². The molecule has 0 fully saturated rings. The molecular weight excluding hydrogens is 661 g/mol. The Morgan fingerprint density at radius 1 is 1.00 bits per heavy atom. The van der Waals surface area contributed by atoms with Crippen LogP contribution in [0.15, 0.2) is 30.3 Å². The van der Waals surface area contributed by atoms with Crippen molar-refractivity contribution in [3.05, 3.63) is 47.4 Å². The monoisotopic (exact) mass is 705 g/mol. The molecule has 0 bridgehead atoms. The van der Waals surface area contributed by atoms with Gasteiger partial charge in [-0.25, -0.2) is 36.8 Å². The lowest BCUT2D eigenvalue weighted by molar-refractivity contribution is -0.539. The SMILES string of the molecule is CC(C)c1nc(N(C)S(C)(=O)=O)nc(-c2ccc(F)cc2)c1/C=C/C(O)CC(O)CC(=O)OCCC(C)C(ON(O)O)C(C)ON(O)O. The molecule has 2 aromatic rings. The summed E-state index contributed by atoms with van der Waals surface area (Å²) in [6.45, 7) is 6.44. The van der Waals surface area contributed by atoms with Crippen molar-refractivity contribution in [1.82, 2.24) is 20.7 Å². The number of halogens is 1. The molecule has 1 aromatic carbocycles. The van der Waals surface area contributed by atoms with Crippen LogP contribution in [-0.4, -0.2) is 111 Å². The molecule has 5 atom stereocenters. The Kier molecular flexibility index (Phi) is 15.8. The van der Waals surface area contributed by atoms with Gasteiger partial charge in [0.2, 0.25) is 16.0 Å². The molecule has 0 saturated heterocycles. The Morgan fingerprint density at radius 3 is 2.15 bits per heavy atom. The molecule has 0 spiro atoms. The van der Waals surface area contributed by atoms with Crippen molar-refractivity contribution < 1.29 is 63.1 Å². The van der Waals surface area contributed by atoms with Gasteiger partial charge in [-0.3, -0.25) is 25.6 Å². The number of aliphatic hydroxyl groups excluding tert-OH is 2. The van der Waals surface area contributed by atoms with Crippen LogP contribution in [0.3, 0.4) is 0 Å². The van der Waals surface area contributed by atoms with Gasteiger partial charge in [-0.2, -0.15) is 0 Å². The molecule has 270 valence electrons. The fourth-order valence-corrected chi connectivity index (χ4v) is 4.97. The average Bonchev–Trinajstić information content (AvgIpc) is 2.97. The molecule has 1 aromatic heterocycles. The highest BCUT2D eigenvalue weighted by Crippen LogP contribution is 2.32. The number of esters is 1. The summed E-state index contributed by atoms with van der Waals surface area (Å²) in [4.78, 5) is 30.7. The van der Waals surface area contributed by atoms with E-state index in [4.69, 9.17) is 30.4 Å². The lowest BCUT2D eigenvalue weighted by Gasteiger charge is -2.29. The summed E-state index contributed by atoms with van der Waals surface area (Å²) in [6, 6.07) is 5.40. The smallest absolute Gasteiger partial charge is 0.308 e. The van der Waals surface area contributed by atoms with Gasteiger partial charge >= 0.3 is 5.97 Å². The number of nitrogens with zero attached hydrogens (tertiary/aromatic N) is 5. The van der Waals surface area contributed by atoms with Crippen LogP contribution in [0.2, 0.25) is 0 Å². The molecule has 0 saturated carbocycles. The van der Waals surface area contributed by atoms with E-state index in [0.717, 1.165) is 10.6 Å². The Hall–Kier alpha value is -3.21. The Bertz CT molecular complexity index is 1460. The molecule has 17 nitrogen and oxygen atoms in total. The van der Waals surface area contributed by atoms with Crippen LogP contribution < -0.4 is 4.31 Å². The number of hydrogen-bond acceptors (Lipinski definition) is 16. The second kappa shape index (κ2) is 18.5. The van der Waals surface area contributed by atoms with Gasteiger partial charge in [0.05, 0.1) is 53.7 Å². The Balaban J connectivity index is 2.14. The first-order valence-electron chi connectivity index (χ1n) is 14.8. The molecule has 6 N–H and O–H groups in total. The van der Waals surface area contributed by atoms with E-state index in [1.54, 1.807) is 6.92 Å². The zero-order valence-electron chi connectivity index (χ0n) is 27.4. The highest BCUT2D eigenvalue weighted by molar-refractivity contribution is 7.92. The average molecular weight is 706 g/mol. The van der Waals surface area contributed by atoms with Crippen molar-refractivity contribution in [2.45, 2.75) is 77.3 Å². The maximum atomic E-state index is 13.7. The quantitative estimate of drug-likeness (QED) is 0.0910. The van der Waals surface area contributed by atoms with Crippen LogP contribution in [0.4, 0.5) is 10.3 Å². The van der Waals surface area contributed by atoms with E-state index in [0.29, 0.717) is 16.8 Å². The normalized spacial score (nSPS) is 15.6. The van der Waals surface area contributed by atoms with Crippen LogP contribution >= 0.6 is 0 Å². The topological polar surface area (TPSA) is 236 Å². The molecule has 0 aliphatic heterocycles. The van der Waals surface area contributed by atoms with Gasteiger partial charge in [0.1, 0.15) is 18.0 Å². The number of anilines is 1. The number of aromatic nitrogens is 2. The van der Waals surface area contributed by atoms with Crippen molar-refractivity contribution in [2.24, 2.45) is 5.92 Å². The number of sulfonamides is 1. The zero-order valence-corrected chi connectivity index (χ0v) is 28.2. The molecule has 2 rings (SSSR count). The summed E-state index contributed by atoms with van der Waals surface area (Å²) >= 11 is 0. The minimum absolute atomic E-state index is 0.0989. The molecule has 0 aliphatic carbocycles. The predicted octanol–water partition coefficient (Wildman–Crippen LogP) is 2.67. The van der Waals surface area contributed by atoms with Crippen molar-refractivity contribution in [1.29, 1.82) is 0 Å². The summed E-state index contributed by atoms with van der Waals surface area (Å²) < 4.78 is 44.3. The maximum absolute atomic E-state index is 13.7. The summed E-state index contributed by atoms with van der Waals surface area (Å²) in [5.41, 5.74) is 1.62. The zero-order chi connectivity index (χ0) is 36.3. The first-order chi connectivity index (χ1) is 22.3. The third kappa shape index (κ3) is 13.0. The molecule has 0 aliphatic rings. The van der Waals surface area contributed by atoms with Gasteiger partial charge in [0.25, 0.3) is 0 Å². The maximum Gasteiger partial charge on any atom is 0.308 e.